The van der Waals surface area contributed by atoms with Crippen LogP contribution in [0.25, 0.3) is 0 Å². The molecular formula is C9H13ClN4O3S. The Hall–Kier alpha value is -1.15. The van der Waals surface area contributed by atoms with Gasteiger partial charge in [0.1, 0.15) is 17.2 Å². The molecule has 0 saturated heterocycles. The summed E-state index contributed by atoms with van der Waals surface area (Å²) in [6.07, 6.45) is 0.251. The second kappa shape index (κ2) is 4.20. The standard InChI is InChI=1S/C9H13ClN4O3S/c1-9(2)4-7(13-17-9)18(15,16)5-6-11-8(10)12-14(6)3/h4-5H2,1-3H3. The Kier molecular flexibility index (Phi) is 3.10. The van der Waals surface area contributed by atoms with E-state index < -0.39 is 15.4 Å². The molecule has 1 aliphatic rings. The topological polar surface area (TPSA) is 86.4 Å². The van der Waals surface area contributed by atoms with Gasteiger partial charge < -0.3 is 4.84 Å². The zero-order chi connectivity index (χ0) is 13.6. The molecule has 0 radical (unpaired) electrons. The highest BCUT2D eigenvalue weighted by Crippen LogP contribution is 2.26. The van der Waals surface area contributed by atoms with E-state index in [0.717, 1.165) is 0 Å². The minimum absolute atomic E-state index is 0.0210. The lowest BCUT2D eigenvalue weighted by Gasteiger charge is -2.13. The summed E-state index contributed by atoms with van der Waals surface area (Å²) < 4.78 is 25.6. The molecular weight excluding hydrogens is 280 g/mol. The first-order valence-corrected chi connectivity index (χ1v) is 7.26. The molecule has 0 N–H and O–H groups in total. The number of hydrogen-bond acceptors (Lipinski definition) is 6. The summed E-state index contributed by atoms with van der Waals surface area (Å²) in [7, 11) is -1.97. The Balaban J connectivity index is 2.21. The third-order valence-corrected chi connectivity index (χ3v) is 4.21. The summed E-state index contributed by atoms with van der Waals surface area (Å²) in [4.78, 5) is 8.90. The quantitative estimate of drug-likeness (QED) is 0.808. The van der Waals surface area contributed by atoms with E-state index in [2.05, 4.69) is 15.2 Å². The van der Waals surface area contributed by atoms with Crippen LogP contribution in [-0.2, 0) is 27.5 Å². The van der Waals surface area contributed by atoms with Crippen molar-refractivity contribution in [2.75, 3.05) is 0 Å². The van der Waals surface area contributed by atoms with Crippen molar-refractivity contribution in [1.29, 1.82) is 0 Å². The van der Waals surface area contributed by atoms with Gasteiger partial charge in [0.05, 0.1) is 0 Å². The molecule has 18 heavy (non-hydrogen) atoms. The second-order valence-corrected chi connectivity index (χ2v) is 7.02. The summed E-state index contributed by atoms with van der Waals surface area (Å²) in [5.74, 6) is -0.0194. The van der Waals surface area contributed by atoms with Gasteiger partial charge in [0.25, 0.3) is 0 Å². The monoisotopic (exact) mass is 292 g/mol. The first-order chi connectivity index (χ1) is 8.20. The molecule has 0 fully saturated rings. The van der Waals surface area contributed by atoms with Crippen LogP contribution < -0.4 is 0 Å². The highest BCUT2D eigenvalue weighted by molar-refractivity contribution is 8.05. The maximum absolute atomic E-state index is 12.1. The number of nitrogens with zero attached hydrogens (tertiary/aromatic N) is 4. The van der Waals surface area contributed by atoms with Gasteiger partial charge in [-0.15, -0.1) is 5.10 Å². The lowest BCUT2D eigenvalue weighted by Crippen LogP contribution is -2.24. The van der Waals surface area contributed by atoms with Crippen LogP contribution in [0.5, 0.6) is 0 Å². The van der Waals surface area contributed by atoms with Crippen molar-refractivity contribution in [2.24, 2.45) is 12.2 Å². The fourth-order valence-corrected chi connectivity index (χ4v) is 3.22. The average Bonchev–Trinajstić information content (AvgIpc) is 2.70. The lowest BCUT2D eigenvalue weighted by molar-refractivity contribution is 0.0123. The number of oxime groups is 1. The first-order valence-electron chi connectivity index (χ1n) is 5.23. The molecule has 0 saturated carbocycles. The smallest absolute Gasteiger partial charge is 0.242 e. The van der Waals surface area contributed by atoms with Gasteiger partial charge in [0.15, 0.2) is 5.04 Å². The van der Waals surface area contributed by atoms with E-state index >= 15 is 0 Å². The summed E-state index contributed by atoms with van der Waals surface area (Å²) in [6, 6.07) is 0. The zero-order valence-electron chi connectivity index (χ0n) is 10.2. The van der Waals surface area contributed by atoms with Gasteiger partial charge in [-0.25, -0.2) is 13.4 Å². The van der Waals surface area contributed by atoms with Crippen LogP contribution in [0.2, 0.25) is 5.28 Å². The van der Waals surface area contributed by atoms with Gasteiger partial charge in [-0.2, -0.15) is 0 Å². The number of sulfone groups is 1. The summed E-state index contributed by atoms with van der Waals surface area (Å²) in [6.45, 7) is 3.55. The maximum atomic E-state index is 12.1. The molecule has 0 spiro atoms. The first kappa shape index (κ1) is 13.3. The van der Waals surface area contributed by atoms with Crippen molar-refractivity contribution in [3.8, 4) is 0 Å². The van der Waals surface area contributed by atoms with E-state index in [4.69, 9.17) is 16.4 Å². The van der Waals surface area contributed by atoms with Gasteiger partial charge in [-0.3, -0.25) is 4.68 Å². The summed E-state index contributed by atoms with van der Waals surface area (Å²) in [5.41, 5.74) is -0.583. The molecule has 0 aliphatic carbocycles. The van der Waals surface area contributed by atoms with Crippen molar-refractivity contribution in [3.63, 3.8) is 0 Å². The van der Waals surface area contributed by atoms with Gasteiger partial charge in [0, 0.05) is 13.5 Å². The molecule has 0 unspecified atom stereocenters. The van der Waals surface area contributed by atoms with Crippen molar-refractivity contribution >= 4 is 26.5 Å². The van der Waals surface area contributed by atoms with Crippen LogP contribution in [0.15, 0.2) is 5.16 Å². The van der Waals surface area contributed by atoms with Gasteiger partial charge in [-0.05, 0) is 25.4 Å². The normalized spacial score (nSPS) is 18.6. The lowest BCUT2D eigenvalue weighted by atomic mass is 10.1. The highest BCUT2D eigenvalue weighted by Gasteiger charge is 2.36. The molecule has 7 nitrogen and oxygen atoms in total. The number of halogens is 1. The number of rotatable bonds is 2. The van der Waals surface area contributed by atoms with E-state index in [1.807, 2.05) is 0 Å². The Bertz CT molecular complexity index is 605. The molecule has 1 aliphatic heterocycles. The average molecular weight is 293 g/mol. The largest absolute Gasteiger partial charge is 0.389 e. The van der Waals surface area contributed by atoms with E-state index in [-0.39, 0.29) is 28.3 Å². The summed E-state index contributed by atoms with van der Waals surface area (Å²) in [5, 5.41) is 7.47. The van der Waals surface area contributed by atoms with Gasteiger partial charge in [-0.1, -0.05) is 5.16 Å². The Labute approximate surface area is 110 Å². The highest BCUT2D eigenvalue weighted by atomic mass is 35.5. The van der Waals surface area contributed by atoms with Crippen LogP contribution in [0.4, 0.5) is 0 Å². The third-order valence-electron chi connectivity index (χ3n) is 2.48. The second-order valence-electron chi connectivity index (χ2n) is 4.69. The third kappa shape index (κ3) is 2.64. The predicted octanol–water partition coefficient (Wildman–Crippen LogP) is 0.896. The molecule has 0 bridgehead atoms. The number of hydrogen-bond donors (Lipinski definition) is 0. The Morgan fingerprint density at radius 3 is 2.61 bits per heavy atom. The molecule has 0 aromatic carbocycles. The minimum Gasteiger partial charge on any atom is -0.389 e. The van der Waals surface area contributed by atoms with Crippen LogP contribution in [0.1, 0.15) is 26.1 Å². The molecule has 0 atom stereocenters. The fraction of sp³-hybridized carbons (Fsp3) is 0.667. The molecule has 0 amide bonds. The van der Waals surface area contributed by atoms with Crippen molar-refractivity contribution in [1.82, 2.24) is 14.8 Å². The van der Waals surface area contributed by atoms with E-state index in [0.29, 0.717) is 0 Å². The van der Waals surface area contributed by atoms with E-state index in [1.165, 1.54) is 4.68 Å². The van der Waals surface area contributed by atoms with Gasteiger partial charge >= 0.3 is 0 Å². The van der Waals surface area contributed by atoms with Crippen molar-refractivity contribution < 1.29 is 13.3 Å². The number of aromatic nitrogens is 3. The van der Waals surface area contributed by atoms with Crippen LogP contribution in [0.3, 0.4) is 0 Å². The maximum Gasteiger partial charge on any atom is 0.242 e. The fourth-order valence-electron chi connectivity index (χ4n) is 1.53. The molecule has 1 aromatic heterocycles. The molecule has 1 aromatic rings. The Morgan fingerprint density at radius 1 is 1.50 bits per heavy atom. The van der Waals surface area contributed by atoms with E-state index in [1.54, 1.807) is 20.9 Å². The van der Waals surface area contributed by atoms with E-state index in [9.17, 15) is 8.42 Å². The van der Waals surface area contributed by atoms with Crippen LogP contribution in [-0.4, -0.2) is 33.8 Å². The molecule has 100 valence electrons. The van der Waals surface area contributed by atoms with Crippen molar-refractivity contribution in [3.05, 3.63) is 11.1 Å². The van der Waals surface area contributed by atoms with Crippen LogP contribution >= 0.6 is 11.6 Å². The van der Waals surface area contributed by atoms with Crippen molar-refractivity contribution in [2.45, 2.75) is 31.6 Å². The minimum atomic E-state index is -3.55. The Morgan fingerprint density at radius 2 is 2.17 bits per heavy atom. The van der Waals surface area contributed by atoms with Crippen LogP contribution in [0, 0.1) is 0 Å². The molecule has 2 rings (SSSR count). The number of aryl methyl sites for hydroxylation is 1. The SMILES string of the molecule is Cn1nc(Cl)nc1CS(=O)(=O)C1=NOC(C)(C)C1. The zero-order valence-corrected chi connectivity index (χ0v) is 11.8. The predicted molar refractivity (Wildman–Crippen MR) is 65.9 cm³/mol. The van der Waals surface area contributed by atoms with Gasteiger partial charge in [0.2, 0.25) is 15.1 Å². The molecule has 2 heterocycles. The molecule has 9 heteroatoms. The summed E-state index contributed by atoms with van der Waals surface area (Å²) >= 11 is 5.61.